The van der Waals surface area contributed by atoms with Crippen molar-refractivity contribution >= 4 is 27.5 Å². The summed E-state index contributed by atoms with van der Waals surface area (Å²) in [5, 5.41) is 7.80. The van der Waals surface area contributed by atoms with Crippen LogP contribution in [0.3, 0.4) is 0 Å². The van der Waals surface area contributed by atoms with Gasteiger partial charge in [0.2, 0.25) is 0 Å². The van der Waals surface area contributed by atoms with Crippen molar-refractivity contribution in [2.75, 3.05) is 12.0 Å². The Labute approximate surface area is 169 Å². The Bertz CT molecular complexity index is 909. The number of nitrogens with one attached hydrogen (secondary N) is 1. The summed E-state index contributed by atoms with van der Waals surface area (Å²) in [6.45, 7) is 3.12. The normalized spacial score (nSPS) is 10.7. The number of aromatic nitrogens is 3. The molecule has 0 bridgehead atoms. The lowest BCUT2D eigenvalue weighted by Crippen LogP contribution is -2.12. The summed E-state index contributed by atoms with van der Waals surface area (Å²) in [5.41, 5.74) is 4.81. The zero-order valence-electron chi connectivity index (χ0n) is 14.5. The van der Waals surface area contributed by atoms with Crippen molar-refractivity contribution in [1.82, 2.24) is 14.9 Å². The fraction of sp³-hybridized carbons (Fsp3) is 0.222. The molecule has 0 radical (unpaired) electrons. The van der Waals surface area contributed by atoms with Crippen molar-refractivity contribution < 1.29 is 13.9 Å². The summed E-state index contributed by atoms with van der Waals surface area (Å²) in [5.74, 6) is 0.779. The Kier molecular flexibility index (Phi) is 6.52. The molecule has 1 aromatic heterocycles. The van der Waals surface area contributed by atoms with Crippen LogP contribution in [0, 0.1) is 5.82 Å². The van der Waals surface area contributed by atoms with Crippen LogP contribution in [0.25, 0.3) is 0 Å². The summed E-state index contributed by atoms with van der Waals surface area (Å²) >= 11 is 9.60. The standard InChI is InChI=1S/C18H17BrClFN4O2/c1-2-26-17-6-12(8-24-25-10-22-23-11-25)5-15(19)18(17)27-9-13-3-4-14(21)7-16(13)20/h3-7,10-11,24H,2,8-9H2,1H3. The van der Waals surface area contributed by atoms with E-state index in [2.05, 4.69) is 31.6 Å². The molecule has 0 aliphatic rings. The molecule has 0 amide bonds. The first-order valence-electron chi connectivity index (χ1n) is 8.17. The van der Waals surface area contributed by atoms with Crippen molar-refractivity contribution in [2.45, 2.75) is 20.1 Å². The Hall–Kier alpha value is -2.32. The van der Waals surface area contributed by atoms with Crippen LogP contribution in [0.15, 0.2) is 47.5 Å². The molecule has 27 heavy (non-hydrogen) atoms. The minimum absolute atomic E-state index is 0.191. The van der Waals surface area contributed by atoms with Crippen LogP contribution in [0.1, 0.15) is 18.1 Å². The molecule has 3 aromatic rings. The molecule has 6 nitrogen and oxygen atoms in total. The van der Waals surface area contributed by atoms with Crippen LogP contribution in [-0.2, 0) is 13.2 Å². The van der Waals surface area contributed by atoms with E-state index in [4.69, 9.17) is 21.1 Å². The molecular formula is C18H17BrClFN4O2. The lowest BCUT2D eigenvalue weighted by Gasteiger charge is -2.16. The number of nitrogens with zero attached hydrogens (tertiary/aromatic N) is 3. The number of hydrogen-bond acceptors (Lipinski definition) is 5. The second kappa shape index (κ2) is 9.05. The predicted octanol–water partition coefficient (Wildman–Crippen LogP) is 4.55. The van der Waals surface area contributed by atoms with Gasteiger partial charge in [-0.1, -0.05) is 17.7 Å². The fourth-order valence-corrected chi connectivity index (χ4v) is 3.21. The van der Waals surface area contributed by atoms with Gasteiger partial charge in [0.05, 0.1) is 22.6 Å². The highest BCUT2D eigenvalue weighted by Crippen LogP contribution is 2.38. The van der Waals surface area contributed by atoms with E-state index in [0.717, 1.165) is 10.0 Å². The average molecular weight is 456 g/mol. The summed E-state index contributed by atoms with van der Waals surface area (Å²) in [4.78, 5) is 0. The Morgan fingerprint density at radius 1 is 1.19 bits per heavy atom. The number of rotatable bonds is 8. The van der Waals surface area contributed by atoms with Crippen LogP contribution in [0.4, 0.5) is 4.39 Å². The molecule has 142 valence electrons. The smallest absolute Gasteiger partial charge is 0.175 e. The monoisotopic (exact) mass is 454 g/mol. The van der Waals surface area contributed by atoms with E-state index in [-0.39, 0.29) is 12.4 Å². The van der Waals surface area contributed by atoms with Gasteiger partial charge in [0, 0.05) is 5.56 Å². The third-order valence-corrected chi connectivity index (χ3v) is 4.58. The molecule has 3 rings (SSSR count). The summed E-state index contributed by atoms with van der Waals surface area (Å²) in [6.07, 6.45) is 3.14. The van der Waals surface area contributed by atoms with E-state index in [1.165, 1.54) is 12.1 Å². The third-order valence-electron chi connectivity index (χ3n) is 3.64. The maximum atomic E-state index is 13.2. The van der Waals surface area contributed by atoms with Gasteiger partial charge in [-0.05, 0) is 52.7 Å². The molecule has 0 unspecified atom stereocenters. The second-order valence-corrected chi connectivity index (χ2v) is 6.83. The molecule has 1 N–H and O–H groups in total. The maximum Gasteiger partial charge on any atom is 0.175 e. The van der Waals surface area contributed by atoms with Crippen molar-refractivity contribution in [2.24, 2.45) is 0 Å². The fourth-order valence-electron chi connectivity index (χ4n) is 2.38. The summed E-state index contributed by atoms with van der Waals surface area (Å²) in [6, 6.07) is 8.04. The zero-order valence-corrected chi connectivity index (χ0v) is 16.8. The van der Waals surface area contributed by atoms with Gasteiger partial charge in [0.1, 0.15) is 25.1 Å². The van der Waals surface area contributed by atoms with Crippen LogP contribution < -0.4 is 14.9 Å². The molecule has 0 fully saturated rings. The van der Waals surface area contributed by atoms with Gasteiger partial charge >= 0.3 is 0 Å². The first-order valence-corrected chi connectivity index (χ1v) is 9.34. The van der Waals surface area contributed by atoms with E-state index in [9.17, 15) is 4.39 Å². The van der Waals surface area contributed by atoms with Gasteiger partial charge in [-0.25, -0.2) is 9.07 Å². The van der Waals surface area contributed by atoms with E-state index in [0.29, 0.717) is 35.2 Å². The van der Waals surface area contributed by atoms with Crippen molar-refractivity contribution in [3.63, 3.8) is 0 Å². The Morgan fingerprint density at radius 3 is 2.67 bits per heavy atom. The lowest BCUT2D eigenvalue weighted by molar-refractivity contribution is 0.267. The topological polar surface area (TPSA) is 61.2 Å². The third kappa shape index (κ3) is 5.11. The molecule has 0 aliphatic heterocycles. The number of hydrogen-bond donors (Lipinski definition) is 1. The van der Waals surface area contributed by atoms with Crippen molar-refractivity contribution in [3.05, 3.63) is 69.4 Å². The molecular weight excluding hydrogens is 439 g/mol. The highest BCUT2D eigenvalue weighted by atomic mass is 79.9. The quantitative estimate of drug-likeness (QED) is 0.540. The molecule has 1 heterocycles. The van der Waals surface area contributed by atoms with Gasteiger partial charge < -0.3 is 14.9 Å². The van der Waals surface area contributed by atoms with E-state index in [1.54, 1.807) is 23.4 Å². The van der Waals surface area contributed by atoms with E-state index < -0.39 is 0 Å². The summed E-state index contributed by atoms with van der Waals surface area (Å²) in [7, 11) is 0. The molecule has 0 spiro atoms. The molecule has 0 saturated carbocycles. The Morgan fingerprint density at radius 2 is 1.96 bits per heavy atom. The second-order valence-electron chi connectivity index (χ2n) is 5.57. The van der Waals surface area contributed by atoms with Gasteiger partial charge in [-0.2, -0.15) is 0 Å². The molecule has 0 aliphatic carbocycles. The highest BCUT2D eigenvalue weighted by molar-refractivity contribution is 9.10. The summed E-state index contributed by atoms with van der Waals surface area (Å²) < 4.78 is 27.2. The van der Waals surface area contributed by atoms with Crippen LogP contribution in [0.5, 0.6) is 11.5 Å². The van der Waals surface area contributed by atoms with Crippen molar-refractivity contribution in [1.29, 1.82) is 0 Å². The molecule has 0 atom stereocenters. The van der Waals surface area contributed by atoms with E-state index >= 15 is 0 Å². The van der Waals surface area contributed by atoms with Gasteiger partial charge in [0.25, 0.3) is 0 Å². The van der Waals surface area contributed by atoms with Gasteiger partial charge in [-0.15, -0.1) is 10.2 Å². The Balaban J connectivity index is 1.76. The molecule has 9 heteroatoms. The number of halogens is 3. The van der Waals surface area contributed by atoms with Crippen molar-refractivity contribution in [3.8, 4) is 11.5 Å². The van der Waals surface area contributed by atoms with Crippen LogP contribution >= 0.6 is 27.5 Å². The maximum absolute atomic E-state index is 13.2. The zero-order chi connectivity index (χ0) is 19.2. The van der Waals surface area contributed by atoms with E-state index in [1.807, 2.05) is 19.1 Å². The molecule has 0 saturated heterocycles. The lowest BCUT2D eigenvalue weighted by atomic mass is 10.2. The van der Waals surface area contributed by atoms with Gasteiger partial charge in [-0.3, -0.25) is 0 Å². The van der Waals surface area contributed by atoms with Crippen LogP contribution in [0.2, 0.25) is 5.02 Å². The highest BCUT2D eigenvalue weighted by Gasteiger charge is 2.14. The minimum atomic E-state index is -0.384. The minimum Gasteiger partial charge on any atom is -0.490 e. The first kappa shape index (κ1) is 19.4. The largest absolute Gasteiger partial charge is 0.490 e. The SMILES string of the molecule is CCOc1cc(CNn2cnnc2)cc(Br)c1OCc1ccc(F)cc1Cl. The van der Waals surface area contributed by atoms with Gasteiger partial charge in [0.15, 0.2) is 11.5 Å². The predicted molar refractivity (Wildman–Crippen MR) is 104 cm³/mol. The first-order chi connectivity index (χ1) is 13.1. The van der Waals surface area contributed by atoms with Crippen LogP contribution in [-0.4, -0.2) is 21.5 Å². The number of benzene rings is 2. The molecule has 2 aromatic carbocycles. The number of ether oxygens (including phenoxy) is 2. The average Bonchev–Trinajstić information content (AvgIpc) is 3.14.